The summed E-state index contributed by atoms with van der Waals surface area (Å²) in [5.41, 5.74) is 2.43. The molecule has 2 rings (SSSR count). The van der Waals surface area contributed by atoms with Gasteiger partial charge in [0.05, 0.1) is 13.2 Å². The summed E-state index contributed by atoms with van der Waals surface area (Å²) in [7, 11) is 0. The van der Waals surface area contributed by atoms with Crippen LogP contribution in [0.15, 0.2) is 60.7 Å². The Morgan fingerprint density at radius 3 is 1.39 bits per heavy atom. The zero-order valence-corrected chi connectivity index (χ0v) is 10.1. The Balaban J connectivity index is 0.000000492. The molecule has 3 nitrogen and oxygen atoms in total. The summed E-state index contributed by atoms with van der Waals surface area (Å²) in [6, 6.07) is 20.4. The van der Waals surface area contributed by atoms with Crippen LogP contribution in [0.3, 0.4) is 0 Å². The van der Waals surface area contributed by atoms with Crippen LogP contribution in [0.4, 0.5) is 0 Å². The molecule has 4 heteroatoms. The molecule has 0 aliphatic rings. The highest BCUT2D eigenvalue weighted by Crippen LogP contribution is 2.05. The van der Waals surface area contributed by atoms with Crippen LogP contribution < -0.4 is 0 Å². The van der Waals surface area contributed by atoms with Crippen LogP contribution in [-0.2, 0) is 18.0 Å². The molecule has 93 valence electrons. The van der Waals surface area contributed by atoms with E-state index in [2.05, 4.69) is 24.3 Å². The van der Waals surface area contributed by atoms with Crippen molar-refractivity contribution in [1.29, 1.82) is 0 Å². The van der Waals surface area contributed by atoms with Gasteiger partial charge in [0.1, 0.15) is 0 Å². The minimum absolute atomic E-state index is 0. The molecule has 0 aromatic heterocycles. The van der Waals surface area contributed by atoms with E-state index >= 15 is 0 Å². The fraction of sp³-hybridized carbons (Fsp3) is 0.143. The fourth-order valence-corrected chi connectivity index (χ4v) is 1.44. The van der Waals surface area contributed by atoms with Crippen LogP contribution in [-0.4, -0.2) is 17.7 Å². The summed E-state index contributed by atoms with van der Waals surface area (Å²) in [5, 5.41) is 14.0. The number of hydrogen-bond acceptors (Lipinski definition) is 3. The molecule has 0 heterocycles. The highest BCUT2D eigenvalue weighted by molar-refractivity contribution is 6.13. The SMILES string of the molecule is O[B]O.c1ccc(COCc2ccccc2)cc1. The third-order valence-corrected chi connectivity index (χ3v) is 2.22. The van der Waals surface area contributed by atoms with Crippen LogP contribution in [0.2, 0.25) is 0 Å². The Bertz CT molecular complexity index is 366. The lowest BCUT2D eigenvalue weighted by Crippen LogP contribution is -1.93. The largest absolute Gasteiger partial charge is 0.482 e. The average molecular weight is 243 g/mol. The van der Waals surface area contributed by atoms with Crippen molar-refractivity contribution >= 4 is 7.69 Å². The Morgan fingerprint density at radius 2 is 1.06 bits per heavy atom. The van der Waals surface area contributed by atoms with Crippen molar-refractivity contribution in [1.82, 2.24) is 0 Å². The molecule has 0 spiro atoms. The topological polar surface area (TPSA) is 49.7 Å². The lowest BCUT2D eigenvalue weighted by atomic mass is 10.2. The molecular weight excluding hydrogens is 227 g/mol. The summed E-state index contributed by atoms with van der Waals surface area (Å²) in [6.45, 7) is 1.35. The third-order valence-electron chi connectivity index (χ3n) is 2.22. The van der Waals surface area contributed by atoms with E-state index in [0.29, 0.717) is 13.2 Å². The van der Waals surface area contributed by atoms with Crippen molar-refractivity contribution in [2.45, 2.75) is 13.2 Å². The van der Waals surface area contributed by atoms with Gasteiger partial charge in [-0.25, -0.2) is 0 Å². The second-order valence-electron chi connectivity index (χ2n) is 3.58. The zero-order valence-electron chi connectivity index (χ0n) is 10.1. The van der Waals surface area contributed by atoms with Gasteiger partial charge in [0.15, 0.2) is 0 Å². The quantitative estimate of drug-likeness (QED) is 0.806. The molecule has 0 aliphatic carbocycles. The van der Waals surface area contributed by atoms with Crippen molar-refractivity contribution in [3.63, 3.8) is 0 Å². The summed E-state index contributed by atoms with van der Waals surface area (Å²) in [5.74, 6) is 0. The normalized spacial score (nSPS) is 9.22. The number of ether oxygens (including phenoxy) is 1. The van der Waals surface area contributed by atoms with E-state index in [1.807, 2.05) is 36.4 Å². The molecule has 18 heavy (non-hydrogen) atoms. The Hall–Kier alpha value is -1.62. The predicted molar refractivity (Wildman–Crippen MR) is 71.6 cm³/mol. The van der Waals surface area contributed by atoms with Gasteiger partial charge in [-0.2, -0.15) is 0 Å². The van der Waals surface area contributed by atoms with Gasteiger partial charge in [-0.05, 0) is 11.1 Å². The predicted octanol–water partition coefficient (Wildman–Crippen LogP) is 1.91. The molecule has 0 aliphatic heterocycles. The van der Waals surface area contributed by atoms with Crippen molar-refractivity contribution in [2.24, 2.45) is 0 Å². The Labute approximate surface area is 108 Å². The van der Waals surface area contributed by atoms with Crippen molar-refractivity contribution in [3.8, 4) is 0 Å². The van der Waals surface area contributed by atoms with Crippen LogP contribution in [0.25, 0.3) is 0 Å². The Kier molecular flexibility index (Phi) is 7.56. The van der Waals surface area contributed by atoms with Gasteiger partial charge in [0, 0.05) is 0 Å². The first kappa shape index (κ1) is 14.4. The maximum atomic E-state index is 7.00. The lowest BCUT2D eigenvalue weighted by molar-refractivity contribution is 0.107. The van der Waals surface area contributed by atoms with E-state index in [4.69, 9.17) is 14.8 Å². The molecule has 0 saturated heterocycles. The standard InChI is InChI=1S/C14H14O.BH2O2/c1-3-7-13(8-4-1)11-15-12-14-9-5-2-6-10-14;2-1-3/h1-10H,11-12H2;2-3H. The second kappa shape index (κ2) is 9.42. The van der Waals surface area contributed by atoms with Gasteiger partial charge in [0.2, 0.25) is 0 Å². The summed E-state index contributed by atoms with van der Waals surface area (Å²) in [4.78, 5) is 0. The van der Waals surface area contributed by atoms with E-state index in [1.54, 1.807) is 0 Å². The smallest absolute Gasteiger partial charge is 0.429 e. The minimum atomic E-state index is 0. The average Bonchev–Trinajstić information content (AvgIpc) is 2.42. The fourth-order valence-electron chi connectivity index (χ4n) is 1.44. The maximum absolute atomic E-state index is 7.00. The molecular formula is C14H16BO3. The maximum Gasteiger partial charge on any atom is 0.482 e. The van der Waals surface area contributed by atoms with Crippen molar-refractivity contribution in [2.75, 3.05) is 0 Å². The summed E-state index contributed by atoms with van der Waals surface area (Å²) < 4.78 is 5.61. The molecule has 0 saturated carbocycles. The van der Waals surface area contributed by atoms with Gasteiger partial charge in [-0.1, -0.05) is 60.7 Å². The van der Waals surface area contributed by atoms with Gasteiger partial charge >= 0.3 is 7.69 Å². The first-order chi connectivity index (χ1) is 8.86. The van der Waals surface area contributed by atoms with E-state index in [1.165, 1.54) is 11.1 Å². The third kappa shape index (κ3) is 6.20. The first-order valence-electron chi connectivity index (χ1n) is 5.62. The molecule has 2 aromatic carbocycles. The molecule has 2 aromatic rings. The van der Waals surface area contributed by atoms with E-state index in [0.717, 1.165) is 0 Å². The van der Waals surface area contributed by atoms with Crippen LogP contribution in [0, 0.1) is 0 Å². The monoisotopic (exact) mass is 243 g/mol. The van der Waals surface area contributed by atoms with Gasteiger partial charge in [-0.3, -0.25) is 0 Å². The highest BCUT2D eigenvalue weighted by atomic mass is 16.5. The van der Waals surface area contributed by atoms with Crippen LogP contribution in [0.1, 0.15) is 11.1 Å². The zero-order chi connectivity index (χ0) is 13.1. The molecule has 0 amide bonds. The summed E-state index contributed by atoms with van der Waals surface area (Å²) in [6.07, 6.45) is 0. The molecule has 0 unspecified atom stereocenters. The number of hydrogen-bond donors (Lipinski definition) is 2. The highest BCUT2D eigenvalue weighted by Gasteiger charge is 1.93. The minimum Gasteiger partial charge on any atom is -0.429 e. The second-order valence-corrected chi connectivity index (χ2v) is 3.58. The number of benzene rings is 2. The van der Waals surface area contributed by atoms with Crippen molar-refractivity contribution < 1.29 is 14.8 Å². The number of rotatable bonds is 4. The molecule has 1 radical (unpaired) electrons. The lowest BCUT2D eigenvalue weighted by Gasteiger charge is -2.03. The van der Waals surface area contributed by atoms with E-state index < -0.39 is 0 Å². The molecule has 2 N–H and O–H groups in total. The van der Waals surface area contributed by atoms with Gasteiger partial charge < -0.3 is 14.8 Å². The first-order valence-corrected chi connectivity index (χ1v) is 5.62. The molecule has 0 fully saturated rings. The van der Waals surface area contributed by atoms with Crippen molar-refractivity contribution in [3.05, 3.63) is 71.8 Å². The van der Waals surface area contributed by atoms with E-state index in [-0.39, 0.29) is 7.69 Å². The van der Waals surface area contributed by atoms with Gasteiger partial charge in [0.25, 0.3) is 0 Å². The van der Waals surface area contributed by atoms with E-state index in [9.17, 15) is 0 Å². The van der Waals surface area contributed by atoms with Gasteiger partial charge in [-0.15, -0.1) is 0 Å². The van der Waals surface area contributed by atoms with Crippen LogP contribution >= 0.6 is 0 Å². The van der Waals surface area contributed by atoms with Crippen LogP contribution in [0.5, 0.6) is 0 Å². The Morgan fingerprint density at radius 1 is 0.722 bits per heavy atom. The molecule has 0 bridgehead atoms. The summed E-state index contributed by atoms with van der Waals surface area (Å²) >= 11 is 0. The molecule has 0 atom stereocenters.